The van der Waals surface area contributed by atoms with E-state index in [1.165, 1.54) is 6.07 Å². The minimum Gasteiger partial charge on any atom is -0.463 e. The highest BCUT2D eigenvalue weighted by Gasteiger charge is 2.06. The number of halogens is 2. The lowest BCUT2D eigenvalue weighted by atomic mass is 10.1. The van der Waals surface area contributed by atoms with Crippen molar-refractivity contribution in [3.05, 3.63) is 41.5 Å². The number of nitrogens with two attached hydrogens (primary N) is 1. The fourth-order valence-corrected chi connectivity index (χ4v) is 1.07. The third kappa shape index (κ3) is 3.05. The van der Waals surface area contributed by atoms with Crippen molar-refractivity contribution in [2.75, 3.05) is 6.61 Å². The third-order valence-corrected chi connectivity index (χ3v) is 1.81. The summed E-state index contributed by atoms with van der Waals surface area (Å²) in [5, 5.41) is 0. The molecule has 0 aromatic heterocycles. The molecule has 0 bridgehead atoms. The van der Waals surface area contributed by atoms with Gasteiger partial charge in [0.25, 0.3) is 0 Å². The maximum atomic E-state index is 12.9. The average molecular weight is 227 g/mol. The lowest BCUT2D eigenvalue weighted by Gasteiger charge is -2.02. The van der Waals surface area contributed by atoms with Crippen molar-refractivity contribution in [3.63, 3.8) is 0 Å². The van der Waals surface area contributed by atoms with E-state index in [2.05, 4.69) is 4.74 Å². The first-order valence-electron chi connectivity index (χ1n) is 4.64. The molecule has 0 unspecified atom stereocenters. The molecule has 1 aromatic carbocycles. The summed E-state index contributed by atoms with van der Waals surface area (Å²) in [5.41, 5.74) is 5.77. The zero-order valence-electron chi connectivity index (χ0n) is 8.67. The Balaban J connectivity index is 2.91. The van der Waals surface area contributed by atoms with Crippen molar-refractivity contribution in [1.29, 1.82) is 0 Å². The maximum Gasteiger partial charge on any atom is 0.332 e. The van der Waals surface area contributed by atoms with Crippen LogP contribution in [-0.2, 0) is 9.53 Å². The Hall–Kier alpha value is -1.91. The van der Waals surface area contributed by atoms with Crippen molar-refractivity contribution >= 4 is 11.7 Å². The number of carbonyl (C=O) groups excluding carboxylic acids is 1. The van der Waals surface area contributed by atoms with Crippen LogP contribution in [0.4, 0.5) is 8.78 Å². The molecule has 3 nitrogen and oxygen atoms in total. The number of hydrogen-bond acceptors (Lipinski definition) is 3. The summed E-state index contributed by atoms with van der Waals surface area (Å²) >= 11 is 0. The van der Waals surface area contributed by atoms with Gasteiger partial charge in [-0.3, -0.25) is 0 Å². The highest BCUT2D eigenvalue weighted by molar-refractivity contribution is 5.90. The largest absolute Gasteiger partial charge is 0.463 e. The highest BCUT2D eigenvalue weighted by atomic mass is 19.2. The Morgan fingerprint density at radius 1 is 1.44 bits per heavy atom. The van der Waals surface area contributed by atoms with Crippen LogP contribution in [0.15, 0.2) is 24.3 Å². The lowest BCUT2D eigenvalue weighted by molar-refractivity contribution is -0.137. The van der Waals surface area contributed by atoms with Gasteiger partial charge in [0, 0.05) is 17.3 Å². The topological polar surface area (TPSA) is 52.3 Å². The van der Waals surface area contributed by atoms with E-state index in [1.54, 1.807) is 6.92 Å². The number of hydrogen-bond donors (Lipinski definition) is 1. The van der Waals surface area contributed by atoms with Gasteiger partial charge in [-0.2, -0.15) is 0 Å². The second-order valence-electron chi connectivity index (χ2n) is 2.98. The van der Waals surface area contributed by atoms with Crippen LogP contribution in [0.1, 0.15) is 12.5 Å². The molecule has 0 amide bonds. The molecule has 0 radical (unpaired) electrons. The maximum absolute atomic E-state index is 12.9. The van der Waals surface area contributed by atoms with Gasteiger partial charge >= 0.3 is 5.97 Å². The Kier molecular flexibility index (Phi) is 3.99. The van der Waals surface area contributed by atoms with Crippen molar-refractivity contribution in [2.45, 2.75) is 6.92 Å². The predicted octanol–water partition coefficient (Wildman–Crippen LogP) is 1.83. The molecule has 0 saturated carbocycles. The van der Waals surface area contributed by atoms with Gasteiger partial charge in [-0.1, -0.05) is 0 Å². The number of carbonyl (C=O) groups is 1. The molecular formula is C11H11F2NO2. The Bertz CT molecular complexity index is 430. The van der Waals surface area contributed by atoms with Crippen molar-refractivity contribution in [3.8, 4) is 0 Å². The van der Waals surface area contributed by atoms with Crippen LogP contribution in [0.2, 0.25) is 0 Å². The van der Waals surface area contributed by atoms with Gasteiger partial charge in [-0.05, 0) is 25.1 Å². The van der Waals surface area contributed by atoms with Gasteiger partial charge in [0.05, 0.1) is 6.61 Å². The van der Waals surface area contributed by atoms with Gasteiger partial charge in [0.15, 0.2) is 11.6 Å². The summed E-state index contributed by atoms with van der Waals surface area (Å²) in [5.74, 6) is -2.60. The lowest BCUT2D eigenvalue weighted by Crippen LogP contribution is -2.05. The van der Waals surface area contributed by atoms with Gasteiger partial charge in [0.1, 0.15) is 0 Å². The molecule has 0 heterocycles. The van der Waals surface area contributed by atoms with Crippen molar-refractivity contribution < 1.29 is 18.3 Å². The van der Waals surface area contributed by atoms with E-state index in [1.807, 2.05) is 0 Å². The molecule has 0 saturated heterocycles. The van der Waals surface area contributed by atoms with Crippen LogP contribution in [0, 0.1) is 11.6 Å². The van der Waals surface area contributed by atoms with Crippen molar-refractivity contribution in [1.82, 2.24) is 0 Å². The van der Waals surface area contributed by atoms with E-state index in [4.69, 9.17) is 5.73 Å². The molecule has 16 heavy (non-hydrogen) atoms. The first-order chi connectivity index (χ1) is 7.54. The zero-order chi connectivity index (χ0) is 12.1. The van der Waals surface area contributed by atoms with Crippen LogP contribution < -0.4 is 5.73 Å². The monoisotopic (exact) mass is 227 g/mol. The fraction of sp³-hybridized carbons (Fsp3) is 0.182. The van der Waals surface area contributed by atoms with Crippen LogP contribution in [0.5, 0.6) is 0 Å². The Labute approximate surface area is 91.5 Å². The second-order valence-corrected chi connectivity index (χ2v) is 2.98. The molecule has 86 valence electrons. The third-order valence-electron chi connectivity index (χ3n) is 1.81. The molecular weight excluding hydrogens is 216 g/mol. The molecule has 0 aliphatic carbocycles. The highest BCUT2D eigenvalue weighted by Crippen LogP contribution is 2.13. The summed E-state index contributed by atoms with van der Waals surface area (Å²) in [6.45, 7) is 1.87. The van der Waals surface area contributed by atoms with E-state index in [0.29, 0.717) is 0 Å². The van der Waals surface area contributed by atoms with Crippen LogP contribution in [0.3, 0.4) is 0 Å². The van der Waals surface area contributed by atoms with Gasteiger partial charge in [0.2, 0.25) is 0 Å². The summed E-state index contributed by atoms with van der Waals surface area (Å²) in [6.07, 6.45) is 1.02. The van der Waals surface area contributed by atoms with Gasteiger partial charge < -0.3 is 10.5 Å². The summed E-state index contributed by atoms with van der Waals surface area (Å²) in [4.78, 5) is 11.0. The van der Waals surface area contributed by atoms with Gasteiger partial charge in [-0.25, -0.2) is 13.6 Å². The first kappa shape index (κ1) is 12.2. The number of benzene rings is 1. The summed E-state index contributed by atoms with van der Waals surface area (Å²) in [7, 11) is 0. The molecule has 0 aliphatic rings. The molecule has 0 aliphatic heterocycles. The number of rotatable bonds is 3. The van der Waals surface area contributed by atoms with E-state index in [0.717, 1.165) is 18.2 Å². The summed E-state index contributed by atoms with van der Waals surface area (Å²) < 4.78 is 30.1. The standard InChI is InChI=1S/C11H11F2NO2/c1-2-16-11(15)6-10(14)7-3-4-8(12)9(13)5-7/h3-6H,2,14H2,1H3. The number of ether oxygens (including phenoxy) is 1. The van der Waals surface area contributed by atoms with E-state index < -0.39 is 17.6 Å². The second kappa shape index (κ2) is 5.25. The zero-order valence-corrected chi connectivity index (χ0v) is 8.67. The normalized spacial score (nSPS) is 11.3. The Morgan fingerprint density at radius 2 is 2.12 bits per heavy atom. The van der Waals surface area contributed by atoms with Crippen LogP contribution >= 0.6 is 0 Å². The number of esters is 1. The molecule has 0 atom stereocenters. The predicted molar refractivity (Wildman–Crippen MR) is 55.2 cm³/mol. The molecule has 1 aromatic rings. The van der Waals surface area contributed by atoms with E-state index in [-0.39, 0.29) is 17.9 Å². The quantitative estimate of drug-likeness (QED) is 0.633. The molecule has 2 N–H and O–H groups in total. The SMILES string of the molecule is CCOC(=O)C=C(N)c1ccc(F)c(F)c1. The first-order valence-corrected chi connectivity index (χ1v) is 4.64. The molecule has 1 rings (SSSR count). The van der Waals surface area contributed by atoms with Gasteiger partial charge in [-0.15, -0.1) is 0 Å². The van der Waals surface area contributed by atoms with Crippen LogP contribution in [-0.4, -0.2) is 12.6 Å². The van der Waals surface area contributed by atoms with E-state index >= 15 is 0 Å². The Morgan fingerprint density at radius 3 is 2.69 bits per heavy atom. The fourth-order valence-electron chi connectivity index (χ4n) is 1.07. The van der Waals surface area contributed by atoms with Crippen molar-refractivity contribution in [2.24, 2.45) is 5.73 Å². The summed E-state index contributed by atoms with van der Waals surface area (Å²) in [6, 6.07) is 3.14. The molecule has 5 heteroatoms. The molecule has 0 spiro atoms. The average Bonchev–Trinajstić information content (AvgIpc) is 2.22. The van der Waals surface area contributed by atoms with E-state index in [9.17, 15) is 13.6 Å². The minimum atomic E-state index is -1.02. The minimum absolute atomic E-state index is 0.0253. The molecule has 0 fully saturated rings. The van der Waals surface area contributed by atoms with Crippen LogP contribution in [0.25, 0.3) is 5.70 Å². The smallest absolute Gasteiger partial charge is 0.332 e.